The van der Waals surface area contributed by atoms with E-state index in [9.17, 15) is 13.2 Å². The van der Waals surface area contributed by atoms with E-state index in [-0.39, 0.29) is 22.0 Å². The summed E-state index contributed by atoms with van der Waals surface area (Å²) in [5, 5.41) is 0. The zero-order valence-corrected chi connectivity index (χ0v) is 9.72. The van der Waals surface area contributed by atoms with E-state index in [0.29, 0.717) is 0 Å². The highest BCUT2D eigenvalue weighted by Gasteiger charge is 2.23. The summed E-state index contributed by atoms with van der Waals surface area (Å²) in [4.78, 5) is 10.9. The van der Waals surface area contributed by atoms with Crippen molar-refractivity contribution in [1.82, 2.24) is 0 Å². The molecule has 0 aromatic heterocycles. The van der Waals surface area contributed by atoms with E-state index >= 15 is 0 Å². The Bertz CT molecular complexity index is 493. The number of carbonyl (C=O) groups excluding carboxylic acids is 1. The van der Waals surface area contributed by atoms with Crippen LogP contribution in [0.15, 0.2) is 23.1 Å². The quantitative estimate of drug-likeness (QED) is 0.605. The molecular weight excluding hydrogens is 240 g/mol. The molecule has 0 radical (unpaired) electrons. The lowest BCUT2D eigenvalue weighted by molar-refractivity contribution is 0.101. The molecule has 0 saturated heterocycles. The minimum absolute atomic E-state index is 0.0318. The molecule has 4 nitrogen and oxygen atoms in total. The molecule has 0 heterocycles. The first-order chi connectivity index (χ1) is 6.88. The maximum atomic E-state index is 11.3. The fourth-order valence-corrected chi connectivity index (χ4v) is 2.55. The summed E-state index contributed by atoms with van der Waals surface area (Å²) in [7, 11) is 2.55. The van der Waals surface area contributed by atoms with Gasteiger partial charge in [0.15, 0.2) is 5.78 Å². The highest BCUT2D eigenvalue weighted by Crippen LogP contribution is 2.30. The molecule has 0 aliphatic heterocycles. The van der Waals surface area contributed by atoms with E-state index in [4.69, 9.17) is 15.4 Å². The van der Waals surface area contributed by atoms with Crippen LogP contribution >= 0.6 is 10.7 Å². The molecule has 0 fully saturated rings. The number of rotatable bonds is 3. The lowest BCUT2D eigenvalue weighted by Gasteiger charge is -2.08. The SMILES string of the molecule is COc1cccc(C(C)=O)c1S(=O)(=O)Cl. The van der Waals surface area contributed by atoms with Crippen molar-refractivity contribution in [2.24, 2.45) is 0 Å². The summed E-state index contributed by atoms with van der Waals surface area (Å²) in [6.07, 6.45) is 0. The Hall–Kier alpha value is -1.07. The number of methoxy groups -OCH3 is 1. The van der Waals surface area contributed by atoms with Crippen LogP contribution in [0.5, 0.6) is 5.75 Å². The Morgan fingerprint density at radius 3 is 2.40 bits per heavy atom. The average Bonchev–Trinajstić information content (AvgIpc) is 2.15. The van der Waals surface area contributed by atoms with E-state index in [1.165, 1.54) is 32.2 Å². The summed E-state index contributed by atoms with van der Waals surface area (Å²) in [6.45, 7) is 1.26. The molecule has 0 aliphatic rings. The van der Waals surface area contributed by atoms with Gasteiger partial charge in [-0.05, 0) is 19.1 Å². The van der Waals surface area contributed by atoms with Gasteiger partial charge in [0, 0.05) is 16.2 Å². The first kappa shape index (κ1) is 12.0. The van der Waals surface area contributed by atoms with E-state index in [2.05, 4.69) is 0 Å². The van der Waals surface area contributed by atoms with E-state index in [1.54, 1.807) is 0 Å². The molecule has 0 saturated carbocycles. The Balaban J connectivity index is 3.63. The third kappa shape index (κ3) is 2.49. The first-order valence-corrected chi connectivity index (χ1v) is 6.31. The Morgan fingerprint density at radius 2 is 2.00 bits per heavy atom. The summed E-state index contributed by atoms with van der Waals surface area (Å²) < 4.78 is 27.4. The predicted molar refractivity (Wildman–Crippen MR) is 56.0 cm³/mol. The Kier molecular flexibility index (Phi) is 3.36. The van der Waals surface area contributed by atoms with Crippen molar-refractivity contribution in [2.75, 3.05) is 7.11 Å². The molecule has 0 unspecified atom stereocenters. The average molecular weight is 249 g/mol. The lowest BCUT2D eigenvalue weighted by atomic mass is 10.1. The molecule has 1 aromatic carbocycles. The maximum Gasteiger partial charge on any atom is 0.265 e. The first-order valence-electron chi connectivity index (χ1n) is 4.00. The number of hydrogen-bond donors (Lipinski definition) is 0. The monoisotopic (exact) mass is 248 g/mol. The normalized spacial score (nSPS) is 11.1. The standard InChI is InChI=1S/C9H9ClO4S/c1-6(11)7-4-3-5-8(14-2)9(7)15(10,12)13/h3-5H,1-2H3. The van der Waals surface area contributed by atoms with Crippen LogP contribution in [0, 0.1) is 0 Å². The van der Waals surface area contributed by atoms with Crippen LogP contribution in [0.4, 0.5) is 0 Å². The second-order valence-electron chi connectivity index (χ2n) is 2.83. The van der Waals surface area contributed by atoms with E-state index in [1.807, 2.05) is 0 Å². The molecule has 0 atom stereocenters. The zero-order valence-electron chi connectivity index (χ0n) is 8.15. The van der Waals surface area contributed by atoms with Crippen molar-refractivity contribution in [1.29, 1.82) is 0 Å². The van der Waals surface area contributed by atoms with Crippen molar-refractivity contribution < 1.29 is 17.9 Å². The Morgan fingerprint density at radius 1 is 1.40 bits per heavy atom. The Labute approximate surface area is 92.2 Å². The highest BCUT2D eigenvalue weighted by atomic mass is 35.7. The number of benzene rings is 1. The molecule has 0 N–H and O–H groups in total. The van der Waals surface area contributed by atoms with Crippen LogP contribution in [0.25, 0.3) is 0 Å². The molecule has 0 amide bonds. The molecule has 0 spiro atoms. The molecule has 1 rings (SSSR count). The molecule has 0 aliphatic carbocycles. The minimum Gasteiger partial charge on any atom is -0.495 e. The van der Waals surface area contributed by atoms with Gasteiger partial charge in [0.25, 0.3) is 9.05 Å². The smallest absolute Gasteiger partial charge is 0.265 e. The minimum atomic E-state index is -3.99. The van der Waals surface area contributed by atoms with E-state index in [0.717, 1.165) is 0 Å². The molecular formula is C9H9ClO4S. The van der Waals surface area contributed by atoms with Gasteiger partial charge in [-0.3, -0.25) is 4.79 Å². The number of carbonyl (C=O) groups is 1. The zero-order chi connectivity index (χ0) is 11.6. The summed E-state index contributed by atoms with van der Waals surface area (Å²) in [6, 6.07) is 4.35. The summed E-state index contributed by atoms with van der Waals surface area (Å²) >= 11 is 0. The molecule has 1 aromatic rings. The predicted octanol–water partition coefficient (Wildman–Crippen LogP) is 1.83. The van der Waals surface area contributed by atoms with Gasteiger partial charge < -0.3 is 4.74 Å². The van der Waals surface area contributed by atoms with Crippen LogP contribution in [-0.2, 0) is 9.05 Å². The van der Waals surface area contributed by atoms with E-state index < -0.39 is 9.05 Å². The number of hydrogen-bond acceptors (Lipinski definition) is 4. The number of Topliss-reactive ketones (excluding diaryl/α,β-unsaturated/α-hetero) is 1. The van der Waals surface area contributed by atoms with Crippen molar-refractivity contribution in [2.45, 2.75) is 11.8 Å². The maximum absolute atomic E-state index is 11.3. The topological polar surface area (TPSA) is 60.4 Å². The van der Waals surface area contributed by atoms with Gasteiger partial charge in [-0.15, -0.1) is 0 Å². The molecule has 82 valence electrons. The third-order valence-corrected chi connectivity index (χ3v) is 3.19. The van der Waals surface area contributed by atoms with Gasteiger partial charge in [-0.1, -0.05) is 6.07 Å². The van der Waals surface area contributed by atoms with Crippen LogP contribution in [0.1, 0.15) is 17.3 Å². The lowest BCUT2D eigenvalue weighted by Crippen LogP contribution is -2.04. The van der Waals surface area contributed by atoms with Gasteiger partial charge in [0.2, 0.25) is 0 Å². The van der Waals surface area contributed by atoms with Gasteiger partial charge in [0.05, 0.1) is 7.11 Å². The highest BCUT2D eigenvalue weighted by molar-refractivity contribution is 8.13. The van der Waals surface area contributed by atoms with Crippen molar-refractivity contribution >= 4 is 25.5 Å². The van der Waals surface area contributed by atoms with Crippen molar-refractivity contribution in [3.8, 4) is 5.75 Å². The van der Waals surface area contributed by atoms with Gasteiger partial charge in [-0.25, -0.2) is 8.42 Å². The summed E-state index contributed by atoms with van der Waals surface area (Å²) in [5.74, 6) is -0.314. The largest absolute Gasteiger partial charge is 0.495 e. The van der Waals surface area contributed by atoms with Crippen molar-refractivity contribution in [3.05, 3.63) is 23.8 Å². The number of ketones is 1. The number of halogens is 1. The van der Waals surface area contributed by atoms with Crippen LogP contribution < -0.4 is 4.74 Å². The fraction of sp³-hybridized carbons (Fsp3) is 0.222. The second kappa shape index (κ2) is 4.20. The third-order valence-electron chi connectivity index (χ3n) is 1.82. The van der Waals surface area contributed by atoms with Gasteiger partial charge >= 0.3 is 0 Å². The van der Waals surface area contributed by atoms with Crippen LogP contribution in [0.3, 0.4) is 0 Å². The summed E-state index contributed by atoms with van der Waals surface area (Å²) in [5.41, 5.74) is 0.0318. The van der Waals surface area contributed by atoms with Gasteiger partial charge in [0.1, 0.15) is 10.6 Å². The molecule has 6 heteroatoms. The van der Waals surface area contributed by atoms with Crippen molar-refractivity contribution in [3.63, 3.8) is 0 Å². The number of ether oxygens (including phenoxy) is 1. The molecule has 15 heavy (non-hydrogen) atoms. The van der Waals surface area contributed by atoms with Crippen LogP contribution in [-0.4, -0.2) is 21.3 Å². The van der Waals surface area contributed by atoms with Gasteiger partial charge in [-0.2, -0.15) is 0 Å². The molecule has 0 bridgehead atoms. The second-order valence-corrected chi connectivity index (χ2v) is 5.33. The van der Waals surface area contributed by atoms with Crippen LogP contribution in [0.2, 0.25) is 0 Å². The fourth-order valence-electron chi connectivity index (χ4n) is 1.21.